The zero-order valence-corrected chi connectivity index (χ0v) is 12.8. The third kappa shape index (κ3) is 4.15. The van der Waals surface area contributed by atoms with Crippen LogP contribution in [0.25, 0.3) is 0 Å². The zero-order valence-electron chi connectivity index (χ0n) is 11.2. The Balaban J connectivity index is 2.72. The molecule has 0 bridgehead atoms. The standard InChI is InChI=1S/C12H20BrNO4/c1-5-17-10(15)9-6-8(13)7-14(9)11(16)18-12(2,3)4/h8-9H,5-7H2,1-4H3/t8-,9+/m1/s1. The summed E-state index contributed by atoms with van der Waals surface area (Å²) in [6, 6.07) is -0.552. The van der Waals surface area contributed by atoms with Gasteiger partial charge in [-0.15, -0.1) is 0 Å². The van der Waals surface area contributed by atoms with Crippen LogP contribution in [0.3, 0.4) is 0 Å². The van der Waals surface area contributed by atoms with Gasteiger partial charge in [-0.1, -0.05) is 15.9 Å². The Bertz CT molecular complexity index is 327. The maximum atomic E-state index is 12.0. The van der Waals surface area contributed by atoms with Crippen molar-refractivity contribution >= 4 is 28.0 Å². The van der Waals surface area contributed by atoms with Crippen LogP contribution in [0.5, 0.6) is 0 Å². The van der Waals surface area contributed by atoms with Gasteiger partial charge in [-0.25, -0.2) is 9.59 Å². The lowest BCUT2D eigenvalue weighted by molar-refractivity contribution is -0.148. The fourth-order valence-corrected chi connectivity index (χ4v) is 2.44. The molecule has 1 aliphatic rings. The molecule has 1 rings (SSSR count). The first-order chi connectivity index (χ1) is 8.24. The maximum Gasteiger partial charge on any atom is 0.411 e. The van der Waals surface area contributed by atoms with Gasteiger partial charge in [0.1, 0.15) is 11.6 Å². The lowest BCUT2D eigenvalue weighted by atomic mass is 10.2. The Morgan fingerprint density at radius 3 is 2.50 bits per heavy atom. The molecule has 0 radical (unpaired) electrons. The molecule has 0 aromatic rings. The largest absolute Gasteiger partial charge is 0.464 e. The van der Waals surface area contributed by atoms with Gasteiger partial charge in [-0.2, -0.15) is 0 Å². The first-order valence-corrected chi connectivity index (χ1v) is 6.96. The number of esters is 1. The maximum absolute atomic E-state index is 12.0. The van der Waals surface area contributed by atoms with E-state index in [1.54, 1.807) is 27.7 Å². The Kier molecular flexibility index (Phi) is 5.01. The number of ether oxygens (including phenoxy) is 2. The number of likely N-dealkylation sites (tertiary alicyclic amines) is 1. The number of amides is 1. The molecule has 2 atom stereocenters. The second-order valence-electron chi connectivity index (χ2n) is 5.23. The summed E-state index contributed by atoms with van der Waals surface area (Å²) in [5.41, 5.74) is -0.569. The predicted molar refractivity (Wildman–Crippen MR) is 70.7 cm³/mol. The van der Waals surface area contributed by atoms with Crippen LogP contribution < -0.4 is 0 Å². The quantitative estimate of drug-likeness (QED) is 0.578. The molecule has 0 aromatic carbocycles. The molecule has 6 heteroatoms. The van der Waals surface area contributed by atoms with Crippen molar-refractivity contribution in [3.8, 4) is 0 Å². The minimum absolute atomic E-state index is 0.0967. The van der Waals surface area contributed by atoms with Crippen LogP contribution in [0.2, 0.25) is 0 Å². The van der Waals surface area contributed by atoms with E-state index in [2.05, 4.69) is 15.9 Å². The SMILES string of the molecule is CCOC(=O)[C@@H]1C[C@@H](Br)CN1C(=O)OC(C)(C)C. The summed E-state index contributed by atoms with van der Waals surface area (Å²) >= 11 is 3.43. The molecular weight excluding hydrogens is 302 g/mol. The number of carbonyl (C=O) groups is 2. The average molecular weight is 322 g/mol. The van der Waals surface area contributed by atoms with Crippen LogP contribution in [-0.2, 0) is 14.3 Å². The van der Waals surface area contributed by atoms with Crippen LogP contribution in [-0.4, -0.2) is 46.6 Å². The summed E-state index contributed by atoms with van der Waals surface area (Å²) in [5, 5.41) is 0. The van der Waals surface area contributed by atoms with Crippen molar-refractivity contribution in [1.82, 2.24) is 4.90 Å². The van der Waals surface area contributed by atoms with E-state index in [4.69, 9.17) is 9.47 Å². The van der Waals surface area contributed by atoms with Gasteiger partial charge in [-0.05, 0) is 34.1 Å². The Hall–Kier alpha value is -0.780. The summed E-state index contributed by atoms with van der Waals surface area (Å²) in [7, 11) is 0. The van der Waals surface area contributed by atoms with Gasteiger partial charge < -0.3 is 9.47 Å². The van der Waals surface area contributed by atoms with Crippen LogP contribution in [0.15, 0.2) is 0 Å². The topological polar surface area (TPSA) is 55.8 Å². The highest BCUT2D eigenvalue weighted by molar-refractivity contribution is 9.09. The molecule has 18 heavy (non-hydrogen) atoms. The molecule has 0 spiro atoms. The summed E-state index contributed by atoms with van der Waals surface area (Å²) in [6.07, 6.45) is 0.0837. The van der Waals surface area contributed by atoms with Crippen molar-refractivity contribution in [2.24, 2.45) is 0 Å². The molecule has 1 aliphatic heterocycles. The minimum Gasteiger partial charge on any atom is -0.464 e. The van der Waals surface area contributed by atoms with E-state index >= 15 is 0 Å². The van der Waals surface area contributed by atoms with Crippen LogP contribution in [0, 0.1) is 0 Å². The van der Waals surface area contributed by atoms with Gasteiger partial charge >= 0.3 is 12.1 Å². The van der Waals surface area contributed by atoms with Gasteiger partial charge in [0.25, 0.3) is 0 Å². The third-order valence-corrected chi connectivity index (χ3v) is 3.10. The first kappa shape index (κ1) is 15.3. The summed E-state index contributed by atoms with van der Waals surface area (Å²) in [5.74, 6) is -0.370. The van der Waals surface area contributed by atoms with Gasteiger partial charge in [0.05, 0.1) is 6.61 Å². The number of carbonyl (C=O) groups excluding carboxylic acids is 2. The molecule has 0 saturated carbocycles. The van der Waals surface area contributed by atoms with Gasteiger partial charge in [-0.3, -0.25) is 4.90 Å². The molecule has 1 saturated heterocycles. The number of alkyl halides is 1. The van der Waals surface area contributed by atoms with Gasteiger partial charge in [0.2, 0.25) is 0 Å². The average Bonchev–Trinajstić information content (AvgIpc) is 2.58. The Morgan fingerprint density at radius 1 is 1.39 bits per heavy atom. The van der Waals surface area contributed by atoms with Crippen LogP contribution >= 0.6 is 15.9 Å². The van der Waals surface area contributed by atoms with Crippen molar-refractivity contribution in [1.29, 1.82) is 0 Å². The number of hydrogen-bond donors (Lipinski definition) is 0. The molecule has 0 unspecified atom stereocenters. The molecule has 1 fully saturated rings. The number of halogens is 1. The van der Waals surface area contributed by atoms with E-state index in [9.17, 15) is 9.59 Å². The fourth-order valence-electron chi connectivity index (χ4n) is 1.77. The molecule has 0 aliphatic carbocycles. The Labute approximate surface area is 116 Å². The summed E-state index contributed by atoms with van der Waals surface area (Å²) < 4.78 is 10.3. The van der Waals surface area contributed by atoms with E-state index in [1.807, 2.05) is 0 Å². The van der Waals surface area contributed by atoms with Crippen molar-refractivity contribution in [3.05, 3.63) is 0 Å². The monoisotopic (exact) mass is 321 g/mol. The van der Waals surface area contributed by atoms with Crippen LogP contribution in [0.4, 0.5) is 4.79 Å². The molecular formula is C12H20BrNO4. The molecule has 5 nitrogen and oxygen atoms in total. The lowest BCUT2D eigenvalue weighted by Crippen LogP contribution is -2.44. The van der Waals surface area contributed by atoms with E-state index in [1.165, 1.54) is 4.90 Å². The second kappa shape index (κ2) is 5.91. The van der Waals surface area contributed by atoms with Crippen molar-refractivity contribution in [2.75, 3.05) is 13.2 Å². The van der Waals surface area contributed by atoms with Crippen LogP contribution in [0.1, 0.15) is 34.1 Å². The number of hydrogen-bond acceptors (Lipinski definition) is 4. The molecule has 104 valence electrons. The molecule has 1 amide bonds. The minimum atomic E-state index is -0.569. The van der Waals surface area contributed by atoms with Crippen molar-refractivity contribution < 1.29 is 19.1 Å². The normalized spacial score (nSPS) is 23.9. The predicted octanol–water partition coefficient (Wildman–Crippen LogP) is 2.32. The highest BCUT2D eigenvalue weighted by Crippen LogP contribution is 2.26. The smallest absolute Gasteiger partial charge is 0.411 e. The number of rotatable bonds is 2. The highest BCUT2D eigenvalue weighted by atomic mass is 79.9. The highest BCUT2D eigenvalue weighted by Gasteiger charge is 2.41. The summed E-state index contributed by atoms with van der Waals surface area (Å²) in [6.45, 7) is 7.91. The first-order valence-electron chi connectivity index (χ1n) is 6.05. The van der Waals surface area contributed by atoms with Gasteiger partial charge in [0, 0.05) is 11.4 Å². The molecule has 0 aromatic heterocycles. The second-order valence-corrected chi connectivity index (χ2v) is 6.53. The van der Waals surface area contributed by atoms with E-state index in [-0.39, 0.29) is 10.8 Å². The number of nitrogens with zero attached hydrogens (tertiary/aromatic N) is 1. The molecule has 0 N–H and O–H groups in total. The Morgan fingerprint density at radius 2 is 2.00 bits per heavy atom. The lowest BCUT2D eigenvalue weighted by Gasteiger charge is -2.27. The van der Waals surface area contributed by atoms with E-state index < -0.39 is 17.7 Å². The van der Waals surface area contributed by atoms with Crippen molar-refractivity contribution in [2.45, 2.75) is 50.6 Å². The molecule has 1 heterocycles. The van der Waals surface area contributed by atoms with Gasteiger partial charge in [0.15, 0.2) is 0 Å². The van der Waals surface area contributed by atoms with E-state index in [0.29, 0.717) is 19.6 Å². The third-order valence-electron chi connectivity index (χ3n) is 2.44. The van der Waals surface area contributed by atoms with E-state index in [0.717, 1.165) is 0 Å². The summed E-state index contributed by atoms with van der Waals surface area (Å²) in [4.78, 5) is 25.3. The fraction of sp³-hybridized carbons (Fsp3) is 0.833. The zero-order chi connectivity index (χ0) is 13.9. The van der Waals surface area contributed by atoms with Crippen molar-refractivity contribution in [3.63, 3.8) is 0 Å².